The molecule has 150 valence electrons. The van der Waals surface area contributed by atoms with E-state index in [1.165, 1.54) is 22.4 Å². The van der Waals surface area contributed by atoms with Crippen LogP contribution in [0.15, 0.2) is 79.0 Å². The highest BCUT2D eigenvalue weighted by Gasteiger charge is 2.26. The van der Waals surface area contributed by atoms with Crippen molar-refractivity contribution in [1.82, 2.24) is 19.7 Å². The van der Waals surface area contributed by atoms with Gasteiger partial charge in [0.1, 0.15) is 5.69 Å². The number of rotatable bonds is 3. The third kappa shape index (κ3) is 2.95. The maximum atomic E-state index is 5.00. The van der Waals surface area contributed by atoms with E-state index in [0.29, 0.717) is 0 Å². The number of aromatic nitrogens is 4. The Morgan fingerprint density at radius 3 is 2.58 bits per heavy atom. The molecule has 6 rings (SSSR count). The highest BCUT2D eigenvalue weighted by atomic mass is 15.3. The molecule has 3 aromatic heterocycles. The molecular weight excluding hydrogens is 380 g/mol. The van der Waals surface area contributed by atoms with E-state index < -0.39 is 0 Å². The third-order valence-corrected chi connectivity index (χ3v) is 6.10. The van der Waals surface area contributed by atoms with Crippen LogP contribution in [0.5, 0.6) is 0 Å². The first-order valence-electron chi connectivity index (χ1n) is 10.8. The van der Waals surface area contributed by atoms with Gasteiger partial charge in [0, 0.05) is 40.6 Å². The molecule has 0 atom stereocenters. The molecule has 0 radical (unpaired) electrons. The number of pyridine rings is 2. The number of aryl methyl sites for hydroxylation is 2. The van der Waals surface area contributed by atoms with Gasteiger partial charge in [0.2, 0.25) is 0 Å². The van der Waals surface area contributed by atoms with Crippen LogP contribution in [-0.2, 0) is 13.0 Å². The minimum absolute atomic E-state index is 0.932. The van der Waals surface area contributed by atoms with Gasteiger partial charge in [-0.3, -0.25) is 14.6 Å². The maximum Gasteiger partial charge on any atom is 0.119 e. The van der Waals surface area contributed by atoms with Gasteiger partial charge in [0.25, 0.3) is 0 Å². The van der Waals surface area contributed by atoms with Crippen molar-refractivity contribution in [2.24, 2.45) is 0 Å². The van der Waals surface area contributed by atoms with Crippen LogP contribution >= 0.6 is 0 Å². The van der Waals surface area contributed by atoms with Crippen molar-refractivity contribution >= 4 is 10.9 Å². The zero-order chi connectivity index (χ0) is 20.8. The second kappa shape index (κ2) is 7.17. The molecule has 0 spiro atoms. The average molecular weight is 403 g/mol. The lowest BCUT2D eigenvalue weighted by Gasteiger charge is -2.12. The first-order valence-corrected chi connectivity index (χ1v) is 10.8. The highest BCUT2D eigenvalue weighted by Crippen LogP contribution is 2.41. The molecule has 0 amide bonds. The number of hydrogen-bond donors (Lipinski definition) is 0. The molecule has 0 unspecified atom stereocenters. The Hall–Kier alpha value is -3.79. The maximum absolute atomic E-state index is 5.00. The number of benzene rings is 2. The Labute approximate surface area is 181 Å². The minimum atomic E-state index is 0.932. The lowest BCUT2D eigenvalue weighted by molar-refractivity contribution is 0.658. The van der Waals surface area contributed by atoms with Crippen molar-refractivity contribution in [3.8, 4) is 33.6 Å². The number of para-hydroxylation sites is 1. The van der Waals surface area contributed by atoms with Crippen LogP contribution in [0, 0.1) is 6.92 Å². The molecule has 4 heteroatoms. The monoisotopic (exact) mass is 402 g/mol. The third-order valence-electron chi connectivity index (χ3n) is 6.10. The van der Waals surface area contributed by atoms with Crippen molar-refractivity contribution < 1.29 is 0 Å². The molecule has 0 fully saturated rings. The summed E-state index contributed by atoms with van der Waals surface area (Å²) in [6, 6.07) is 25.2. The van der Waals surface area contributed by atoms with E-state index in [1.54, 1.807) is 0 Å². The molecule has 2 aromatic carbocycles. The smallest absolute Gasteiger partial charge is 0.119 e. The fourth-order valence-electron chi connectivity index (χ4n) is 4.71. The van der Waals surface area contributed by atoms with Crippen LogP contribution < -0.4 is 0 Å². The van der Waals surface area contributed by atoms with E-state index in [9.17, 15) is 0 Å². The van der Waals surface area contributed by atoms with E-state index >= 15 is 0 Å². The SMILES string of the molecule is Cc1cccc(-c2nn3c(c2-c2ccnc4c(-c5ccccc5)cccc24)CCC3)n1. The van der Waals surface area contributed by atoms with E-state index in [1.807, 2.05) is 25.3 Å². The zero-order valence-electron chi connectivity index (χ0n) is 17.4. The van der Waals surface area contributed by atoms with Crippen LogP contribution in [0.1, 0.15) is 17.8 Å². The Bertz CT molecular complexity index is 1420. The van der Waals surface area contributed by atoms with Crippen molar-refractivity contribution in [3.05, 3.63) is 90.4 Å². The van der Waals surface area contributed by atoms with Gasteiger partial charge in [0.15, 0.2) is 0 Å². The molecule has 0 saturated carbocycles. The fourth-order valence-corrected chi connectivity index (χ4v) is 4.71. The van der Waals surface area contributed by atoms with E-state index in [-0.39, 0.29) is 0 Å². The quantitative estimate of drug-likeness (QED) is 0.367. The predicted molar refractivity (Wildman–Crippen MR) is 125 cm³/mol. The lowest BCUT2D eigenvalue weighted by Crippen LogP contribution is -1.95. The molecule has 1 aliphatic rings. The Morgan fingerprint density at radius 2 is 1.71 bits per heavy atom. The van der Waals surface area contributed by atoms with Crippen LogP contribution in [-0.4, -0.2) is 19.7 Å². The summed E-state index contributed by atoms with van der Waals surface area (Å²) in [5.41, 5.74) is 9.94. The summed E-state index contributed by atoms with van der Waals surface area (Å²) < 4.78 is 2.17. The largest absolute Gasteiger partial charge is 0.268 e. The van der Waals surface area contributed by atoms with Crippen LogP contribution in [0.4, 0.5) is 0 Å². The summed E-state index contributed by atoms with van der Waals surface area (Å²) in [5, 5.41) is 6.15. The van der Waals surface area contributed by atoms with Crippen LogP contribution in [0.25, 0.3) is 44.5 Å². The lowest BCUT2D eigenvalue weighted by atomic mass is 9.94. The summed E-state index contributed by atoms with van der Waals surface area (Å²) in [6.07, 6.45) is 4.10. The second-order valence-corrected chi connectivity index (χ2v) is 8.09. The zero-order valence-corrected chi connectivity index (χ0v) is 17.4. The molecule has 0 aliphatic carbocycles. The van der Waals surface area contributed by atoms with Gasteiger partial charge < -0.3 is 0 Å². The standard InChI is InChI=1S/C27H22N4/c1-18-8-5-13-23(29-18)27-25(24-14-7-17-31(24)30-27)21-15-16-28-26-20(11-6-12-22(21)26)19-9-3-2-4-10-19/h2-6,8-13,15-16H,7,14,17H2,1H3. The van der Waals surface area contributed by atoms with Gasteiger partial charge in [0.05, 0.1) is 11.2 Å². The van der Waals surface area contributed by atoms with Crippen molar-refractivity contribution in [1.29, 1.82) is 0 Å². The van der Waals surface area contributed by atoms with Crippen molar-refractivity contribution in [2.75, 3.05) is 0 Å². The van der Waals surface area contributed by atoms with E-state index in [2.05, 4.69) is 65.3 Å². The average Bonchev–Trinajstić information content (AvgIpc) is 3.40. The summed E-state index contributed by atoms with van der Waals surface area (Å²) >= 11 is 0. The summed E-state index contributed by atoms with van der Waals surface area (Å²) in [4.78, 5) is 9.59. The predicted octanol–water partition coefficient (Wildman–Crippen LogP) is 6.08. The van der Waals surface area contributed by atoms with Crippen LogP contribution in [0.3, 0.4) is 0 Å². The molecule has 31 heavy (non-hydrogen) atoms. The topological polar surface area (TPSA) is 43.6 Å². The summed E-state index contributed by atoms with van der Waals surface area (Å²) in [5.74, 6) is 0. The van der Waals surface area contributed by atoms with Crippen LogP contribution in [0.2, 0.25) is 0 Å². The molecule has 0 N–H and O–H groups in total. The highest BCUT2D eigenvalue weighted by molar-refractivity contribution is 6.04. The first kappa shape index (κ1) is 18.0. The van der Waals surface area contributed by atoms with Gasteiger partial charge >= 0.3 is 0 Å². The van der Waals surface area contributed by atoms with E-state index in [4.69, 9.17) is 15.1 Å². The fraction of sp³-hybridized carbons (Fsp3) is 0.148. The van der Waals surface area contributed by atoms with Crippen molar-refractivity contribution in [3.63, 3.8) is 0 Å². The molecule has 4 nitrogen and oxygen atoms in total. The van der Waals surface area contributed by atoms with Crippen molar-refractivity contribution in [2.45, 2.75) is 26.3 Å². The number of nitrogens with zero attached hydrogens (tertiary/aromatic N) is 4. The summed E-state index contributed by atoms with van der Waals surface area (Å²) in [7, 11) is 0. The number of fused-ring (bicyclic) bond motifs is 2. The van der Waals surface area contributed by atoms with E-state index in [0.717, 1.165) is 52.9 Å². The molecule has 4 heterocycles. The Morgan fingerprint density at radius 1 is 0.839 bits per heavy atom. The van der Waals surface area contributed by atoms with Gasteiger partial charge in [-0.05, 0) is 49.1 Å². The molecule has 0 saturated heterocycles. The molecular formula is C27H22N4. The summed E-state index contributed by atoms with van der Waals surface area (Å²) in [6.45, 7) is 2.99. The van der Waals surface area contributed by atoms with Gasteiger partial charge in [-0.25, -0.2) is 0 Å². The molecule has 5 aromatic rings. The second-order valence-electron chi connectivity index (χ2n) is 8.09. The van der Waals surface area contributed by atoms with Gasteiger partial charge in [-0.1, -0.05) is 54.6 Å². The normalized spacial score (nSPS) is 12.9. The first-order chi connectivity index (χ1) is 15.3. The molecule has 0 bridgehead atoms. The Balaban J connectivity index is 1.64. The van der Waals surface area contributed by atoms with Gasteiger partial charge in [-0.2, -0.15) is 5.10 Å². The molecule has 1 aliphatic heterocycles. The Kier molecular flexibility index (Phi) is 4.17. The minimum Gasteiger partial charge on any atom is -0.268 e. The van der Waals surface area contributed by atoms with Gasteiger partial charge in [-0.15, -0.1) is 0 Å². The number of hydrogen-bond acceptors (Lipinski definition) is 3.